The number of aryl methyl sites for hydroxylation is 1. The van der Waals surface area contributed by atoms with Crippen LogP contribution < -0.4 is 0 Å². The van der Waals surface area contributed by atoms with E-state index < -0.39 is 0 Å². The number of hydrogen-bond acceptors (Lipinski definition) is 1. The average molecular weight is 324 g/mol. The van der Waals surface area contributed by atoms with Crippen molar-refractivity contribution in [2.24, 2.45) is 0 Å². The zero-order valence-electron chi connectivity index (χ0n) is 9.91. The summed E-state index contributed by atoms with van der Waals surface area (Å²) >= 11 is 9.28. The van der Waals surface area contributed by atoms with Crippen molar-refractivity contribution in [1.29, 1.82) is 0 Å². The summed E-state index contributed by atoms with van der Waals surface area (Å²) in [6.07, 6.45) is 0.397. The molecular weight excluding hydrogens is 312 g/mol. The third-order valence-electron chi connectivity index (χ3n) is 2.63. The molecule has 0 N–H and O–H groups in total. The standard InChI is InChI=1S/C15H12BrClO/c1-10-3-2-4-11(5-10)6-15(18)12-7-13(16)9-14(17)8-12/h2-5,7-9H,6H2,1H3. The second-order valence-electron chi connectivity index (χ2n) is 4.25. The van der Waals surface area contributed by atoms with Crippen LogP contribution in [-0.2, 0) is 6.42 Å². The zero-order chi connectivity index (χ0) is 13.1. The largest absolute Gasteiger partial charge is 0.294 e. The molecule has 0 unspecified atom stereocenters. The Morgan fingerprint density at radius 1 is 1.22 bits per heavy atom. The molecule has 3 heteroatoms. The summed E-state index contributed by atoms with van der Waals surface area (Å²) in [5.74, 6) is 0.0730. The minimum atomic E-state index is 0.0730. The van der Waals surface area contributed by atoms with Crippen LogP contribution in [0.15, 0.2) is 46.9 Å². The van der Waals surface area contributed by atoms with Gasteiger partial charge in [0.25, 0.3) is 0 Å². The Balaban J connectivity index is 2.22. The van der Waals surface area contributed by atoms with Crippen LogP contribution in [0.5, 0.6) is 0 Å². The van der Waals surface area contributed by atoms with Crippen LogP contribution in [-0.4, -0.2) is 5.78 Å². The Morgan fingerprint density at radius 2 is 2.00 bits per heavy atom. The lowest BCUT2D eigenvalue weighted by Gasteiger charge is -2.04. The molecule has 18 heavy (non-hydrogen) atoms. The number of ketones is 1. The molecule has 0 aromatic heterocycles. The maximum atomic E-state index is 12.2. The summed E-state index contributed by atoms with van der Waals surface area (Å²) < 4.78 is 0.822. The molecule has 0 radical (unpaired) electrons. The highest BCUT2D eigenvalue weighted by Crippen LogP contribution is 2.21. The average Bonchev–Trinajstić information content (AvgIpc) is 2.27. The van der Waals surface area contributed by atoms with Gasteiger partial charge in [0.15, 0.2) is 5.78 Å². The molecule has 0 amide bonds. The van der Waals surface area contributed by atoms with Gasteiger partial charge in [-0.1, -0.05) is 57.4 Å². The van der Waals surface area contributed by atoms with E-state index in [1.54, 1.807) is 18.2 Å². The van der Waals surface area contributed by atoms with E-state index in [1.807, 2.05) is 31.2 Å². The van der Waals surface area contributed by atoms with Gasteiger partial charge >= 0.3 is 0 Å². The highest BCUT2D eigenvalue weighted by molar-refractivity contribution is 9.10. The van der Waals surface area contributed by atoms with Gasteiger partial charge in [-0.3, -0.25) is 4.79 Å². The van der Waals surface area contributed by atoms with Gasteiger partial charge in [-0.15, -0.1) is 0 Å². The van der Waals surface area contributed by atoms with Crippen molar-refractivity contribution in [3.63, 3.8) is 0 Å². The van der Waals surface area contributed by atoms with Crippen molar-refractivity contribution < 1.29 is 4.79 Å². The fourth-order valence-electron chi connectivity index (χ4n) is 1.82. The molecule has 2 aromatic carbocycles. The van der Waals surface area contributed by atoms with Crippen LogP contribution in [0, 0.1) is 6.92 Å². The highest BCUT2D eigenvalue weighted by Gasteiger charge is 2.09. The fraction of sp³-hybridized carbons (Fsp3) is 0.133. The number of rotatable bonds is 3. The summed E-state index contributed by atoms with van der Waals surface area (Å²) in [5.41, 5.74) is 2.82. The molecule has 0 atom stereocenters. The number of benzene rings is 2. The van der Waals surface area contributed by atoms with E-state index in [-0.39, 0.29) is 5.78 Å². The molecule has 0 saturated heterocycles. The molecule has 0 saturated carbocycles. The van der Waals surface area contributed by atoms with Crippen LogP contribution in [0.3, 0.4) is 0 Å². The summed E-state index contributed by atoms with van der Waals surface area (Å²) in [4.78, 5) is 12.2. The molecule has 0 heterocycles. The number of carbonyl (C=O) groups is 1. The number of Topliss-reactive ketones (excluding diaryl/α,β-unsaturated/α-hetero) is 1. The fourth-order valence-corrected chi connectivity index (χ4v) is 2.68. The van der Waals surface area contributed by atoms with Crippen LogP contribution in [0.4, 0.5) is 0 Å². The highest BCUT2D eigenvalue weighted by atomic mass is 79.9. The van der Waals surface area contributed by atoms with E-state index in [0.29, 0.717) is 17.0 Å². The molecule has 2 rings (SSSR count). The van der Waals surface area contributed by atoms with E-state index >= 15 is 0 Å². The SMILES string of the molecule is Cc1cccc(CC(=O)c2cc(Cl)cc(Br)c2)c1. The van der Waals surface area contributed by atoms with Crippen LogP contribution in [0.25, 0.3) is 0 Å². The Labute approximate surface area is 120 Å². The van der Waals surface area contributed by atoms with Gasteiger partial charge in [-0.05, 0) is 30.7 Å². The van der Waals surface area contributed by atoms with E-state index in [0.717, 1.165) is 15.6 Å². The normalized spacial score (nSPS) is 10.4. The van der Waals surface area contributed by atoms with Crippen molar-refractivity contribution in [2.75, 3.05) is 0 Å². The van der Waals surface area contributed by atoms with E-state index in [9.17, 15) is 4.79 Å². The Bertz CT molecular complexity index is 573. The van der Waals surface area contributed by atoms with Crippen molar-refractivity contribution in [2.45, 2.75) is 13.3 Å². The monoisotopic (exact) mass is 322 g/mol. The Hall–Kier alpha value is -1.12. The molecule has 0 bridgehead atoms. The van der Waals surface area contributed by atoms with E-state index in [2.05, 4.69) is 15.9 Å². The molecular formula is C15H12BrClO. The maximum Gasteiger partial charge on any atom is 0.167 e. The van der Waals surface area contributed by atoms with E-state index in [1.165, 1.54) is 0 Å². The summed E-state index contributed by atoms with van der Waals surface area (Å²) in [7, 11) is 0. The number of hydrogen-bond donors (Lipinski definition) is 0. The van der Waals surface area contributed by atoms with E-state index in [4.69, 9.17) is 11.6 Å². The van der Waals surface area contributed by atoms with Gasteiger partial charge in [0, 0.05) is 21.5 Å². The topological polar surface area (TPSA) is 17.1 Å². The first-order valence-corrected chi connectivity index (χ1v) is 6.76. The molecule has 0 aliphatic rings. The van der Waals surface area contributed by atoms with Crippen molar-refractivity contribution in [3.8, 4) is 0 Å². The first-order valence-electron chi connectivity index (χ1n) is 5.59. The smallest absolute Gasteiger partial charge is 0.167 e. The lowest BCUT2D eigenvalue weighted by atomic mass is 10.0. The Morgan fingerprint density at radius 3 is 2.67 bits per heavy atom. The molecule has 0 aliphatic carbocycles. The summed E-state index contributed by atoms with van der Waals surface area (Å²) in [6, 6.07) is 13.2. The molecule has 2 aromatic rings. The quantitative estimate of drug-likeness (QED) is 0.739. The second kappa shape index (κ2) is 5.68. The van der Waals surface area contributed by atoms with Gasteiger partial charge in [0.05, 0.1) is 0 Å². The second-order valence-corrected chi connectivity index (χ2v) is 5.60. The van der Waals surface area contributed by atoms with Gasteiger partial charge in [-0.2, -0.15) is 0 Å². The van der Waals surface area contributed by atoms with Gasteiger partial charge in [0.2, 0.25) is 0 Å². The minimum absolute atomic E-state index is 0.0730. The Kier molecular flexibility index (Phi) is 4.20. The maximum absolute atomic E-state index is 12.2. The van der Waals surface area contributed by atoms with Crippen LogP contribution in [0.2, 0.25) is 5.02 Å². The van der Waals surface area contributed by atoms with Gasteiger partial charge < -0.3 is 0 Å². The van der Waals surface area contributed by atoms with Crippen molar-refractivity contribution in [1.82, 2.24) is 0 Å². The van der Waals surface area contributed by atoms with Crippen LogP contribution >= 0.6 is 27.5 Å². The first kappa shape index (κ1) is 13.3. The van der Waals surface area contributed by atoms with Gasteiger partial charge in [0.1, 0.15) is 0 Å². The summed E-state index contributed by atoms with van der Waals surface area (Å²) in [6.45, 7) is 2.02. The molecule has 0 spiro atoms. The van der Waals surface area contributed by atoms with Crippen molar-refractivity contribution >= 4 is 33.3 Å². The lowest BCUT2D eigenvalue weighted by molar-refractivity contribution is 0.0993. The number of carbonyl (C=O) groups excluding carboxylic acids is 1. The third kappa shape index (κ3) is 3.44. The molecule has 1 nitrogen and oxygen atoms in total. The third-order valence-corrected chi connectivity index (χ3v) is 3.31. The lowest BCUT2D eigenvalue weighted by Crippen LogP contribution is -2.03. The molecule has 92 valence electrons. The number of halogens is 2. The predicted molar refractivity (Wildman–Crippen MR) is 78.4 cm³/mol. The first-order chi connectivity index (χ1) is 8.54. The predicted octanol–water partition coefficient (Wildman–Crippen LogP) is 4.84. The molecule has 0 fully saturated rings. The van der Waals surface area contributed by atoms with Crippen LogP contribution in [0.1, 0.15) is 21.5 Å². The zero-order valence-corrected chi connectivity index (χ0v) is 12.3. The molecule has 0 aliphatic heterocycles. The minimum Gasteiger partial charge on any atom is -0.294 e. The summed E-state index contributed by atoms with van der Waals surface area (Å²) in [5, 5.41) is 0.567. The van der Waals surface area contributed by atoms with Crippen molar-refractivity contribution in [3.05, 3.63) is 68.7 Å². The van der Waals surface area contributed by atoms with Gasteiger partial charge in [-0.25, -0.2) is 0 Å².